The highest BCUT2D eigenvalue weighted by atomic mass is 35.5. The van der Waals surface area contributed by atoms with Gasteiger partial charge in [-0.15, -0.1) is 0 Å². The molecule has 0 spiro atoms. The number of nitrogens with two attached hydrogens (primary N) is 1. The lowest BCUT2D eigenvalue weighted by atomic mass is 9.81. The number of nitrogens with one attached hydrogen (secondary N) is 2. The maximum Gasteiger partial charge on any atom is 0.242 e. The average molecular weight is 517 g/mol. The number of H-pyrrole nitrogens is 1. The molecule has 0 aliphatic carbocycles. The highest BCUT2D eigenvalue weighted by Gasteiger charge is 2.48. The minimum atomic E-state index is -1.34. The maximum atomic E-state index is 13.8. The molecular weight excluding hydrogens is 499 g/mol. The normalized spacial score (nSPS) is 16.7. The molecule has 12 heteroatoms. The van der Waals surface area contributed by atoms with Crippen LogP contribution in [0.15, 0.2) is 59.9 Å². The summed E-state index contributed by atoms with van der Waals surface area (Å²) in [5.74, 6) is -0.325. The zero-order valence-electron chi connectivity index (χ0n) is 19.3. The Morgan fingerprint density at radius 2 is 2.03 bits per heavy atom. The van der Waals surface area contributed by atoms with E-state index in [0.29, 0.717) is 34.7 Å². The Morgan fingerprint density at radius 1 is 1.19 bits per heavy atom. The van der Waals surface area contributed by atoms with Crippen molar-refractivity contribution in [1.82, 2.24) is 29.3 Å². The number of amides is 1. The number of benzene rings is 1. The van der Waals surface area contributed by atoms with E-state index in [4.69, 9.17) is 22.3 Å². The zero-order valence-corrected chi connectivity index (χ0v) is 20.0. The molecule has 37 heavy (non-hydrogen) atoms. The second-order valence-electron chi connectivity index (χ2n) is 8.83. The predicted octanol–water partition coefficient (Wildman–Crippen LogP) is 3.10. The molecule has 0 radical (unpaired) electrons. The molecule has 1 atom stereocenters. The molecule has 5 aromatic rings. The van der Waals surface area contributed by atoms with Gasteiger partial charge in [-0.05, 0) is 24.6 Å². The summed E-state index contributed by atoms with van der Waals surface area (Å²) in [6.07, 6.45) is 6.73. The van der Waals surface area contributed by atoms with Gasteiger partial charge in [0.25, 0.3) is 0 Å². The Labute approximate surface area is 213 Å². The molecule has 1 aliphatic heterocycles. The minimum Gasteiger partial charge on any atom is -0.383 e. The van der Waals surface area contributed by atoms with Crippen LogP contribution in [-0.2, 0) is 16.6 Å². The first kappa shape index (κ1) is 22.8. The number of anilines is 2. The number of nitrogens with zero attached hydrogens (tertiary/aromatic N) is 5. The zero-order chi connectivity index (χ0) is 25.9. The summed E-state index contributed by atoms with van der Waals surface area (Å²) in [6.45, 7) is 1.62. The minimum absolute atomic E-state index is 0.000520. The number of hydrogen-bond acceptors (Lipinski definition) is 7. The monoisotopic (exact) mass is 516 g/mol. The first-order valence-electron chi connectivity index (χ1n) is 11.2. The molecule has 1 aliphatic rings. The predicted molar refractivity (Wildman–Crippen MR) is 135 cm³/mol. The lowest BCUT2D eigenvalue weighted by Gasteiger charge is -2.22. The van der Waals surface area contributed by atoms with Crippen LogP contribution in [0.4, 0.5) is 16.0 Å². The van der Waals surface area contributed by atoms with Crippen molar-refractivity contribution in [1.29, 1.82) is 0 Å². The van der Waals surface area contributed by atoms with Crippen LogP contribution in [0.2, 0.25) is 5.02 Å². The van der Waals surface area contributed by atoms with Gasteiger partial charge in [-0.2, -0.15) is 0 Å². The number of rotatable bonds is 4. The van der Waals surface area contributed by atoms with Gasteiger partial charge in [0.2, 0.25) is 5.91 Å². The van der Waals surface area contributed by atoms with Gasteiger partial charge in [0.05, 0.1) is 11.3 Å². The van der Waals surface area contributed by atoms with E-state index >= 15 is 0 Å². The Balaban J connectivity index is 1.47. The van der Waals surface area contributed by atoms with E-state index in [1.54, 1.807) is 42.0 Å². The van der Waals surface area contributed by atoms with Gasteiger partial charge < -0.3 is 20.4 Å². The number of pyridine rings is 1. The summed E-state index contributed by atoms with van der Waals surface area (Å²) < 4.78 is 15.5. The van der Waals surface area contributed by atoms with Gasteiger partial charge in [0.1, 0.15) is 33.6 Å². The molecule has 0 bridgehead atoms. The Kier molecular flexibility index (Phi) is 5.06. The summed E-state index contributed by atoms with van der Waals surface area (Å²) >= 11 is 5.87. The number of aromatic amines is 1. The molecule has 5 heterocycles. The molecule has 4 N–H and O–H groups in total. The lowest BCUT2D eigenvalue weighted by Crippen LogP contribution is -2.34. The van der Waals surface area contributed by atoms with Gasteiger partial charge in [-0.25, -0.2) is 24.3 Å². The summed E-state index contributed by atoms with van der Waals surface area (Å²) in [5, 5.41) is 2.75. The highest BCUT2D eigenvalue weighted by Crippen LogP contribution is 2.44. The summed E-state index contributed by atoms with van der Waals surface area (Å²) in [4.78, 5) is 46.3. The number of fused-ring (bicyclic) bond motifs is 2. The second kappa shape index (κ2) is 8.20. The highest BCUT2D eigenvalue weighted by molar-refractivity contribution is 6.30. The first-order valence-corrected chi connectivity index (χ1v) is 11.6. The van der Waals surface area contributed by atoms with Crippen molar-refractivity contribution in [3.63, 3.8) is 0 Å². The van der Waals surface area contributed by atoms with E-state index in [-0.39, 0.29) is 28.3 Å². The van der Waals surface area contributed by atoms with Gasteiger partial charge in [0.15, 0.2) is 16.9 Å². The molecule has 0 saturated carbocycles. The van der Waals surface area contributed by atoms with Gasteiger partial charge in [-0.3, -0.25) is 9.59 Å². The number of aromatic nitrogens is 6. The Hall–Kier alpha value is -4.64. The van der Waals surface area contributed by atoms with E-state index in [9.17, 15) is 14.0 Å². The second-order valence-corrected chi connectivity index (χ2v) is 9.24. The van der Waals surface area contributed by atoms with Gasteiger partial charge in [-0.1, -0.05) is 23.7 Å². The third-order valence-corrected chi connectivity index (χ3v) is 6.76. The van der Waals surface area contributed by atoms with Crippen LogP contribution < -0.4 is 16.5 Å². The molecule has 4 aromatic heterocycles. The van der Waals surface area contributed by atoms with Crippen LogP contribution in [0.3, 0.4) is 0 Å². The van der Waals surface area contributed by atoms with Crippen LogP contribution in [0, 0.1) is 5.82 Å². The molecule has 0 fully saturated rings. The molecule has 1 amide bonds. The lowest BCUT2D eigenvalue weighted by molar-refractivity contribution is -0.119. The summed E-state index contributed by atoms with van der Waals surface area (Å²) in [7, 11) is 0. The van der Waals surface area contributed by atoms with Crippen molar-refractivity contribution < 1.29 is 9.18 Å². The molecule has 10 nitrogen and oxygen atoms in total. The van der Waals surface area contributed by atoms with Crippen LogP contribution in [-0.4, -0.2) is 35.2 Å². The van der Waals surface area contributed by atoms with E-state index in [0.717, 1.165) is 5.56 Å². The van der Waals surface area contributed by atoms with E-state index in [1.807, 2.05) is 0 Å². The number of hydrogen-bond donors (Lipinski definition) is 3. The molecule has 1 aromatic carbocycles. The Morgan fingerprint density at radius 3 is 2.81 bits per heavy atom. The molecular formula is C25H18ClFN8O2. The molecule has 184 valence electrons. The van der Waals surface area contributed by atoms with Crippen molar-refractivity contribution in [2.45, 2.75) is 18.8 Å². The fourth-order valence-corrected chi connectivity index (χ4v) is 4.69. The van der Waals surface area contributed by atoms with Crippen molar-refractivity contribution in [2.24, 2.45) is 0 Å². The SMILES string of the molecule is CC1(c2cc(=O)c(Cl)c[nH]2)C(=O)Nc2nc(-c3cn4ccnc4c(Cc4cccc(F)c4)n3)nc(N)c21. The fourth-order valence-electron chi connectivity index (χ4n) is 4.59. The number of carbonyl (C=O) groups is 1. The van der Waals surface area contributed by atoms with Crippen LogP contribution in [0.5, 0.6) is 0 Å². The molecule has 6 rings (SSSR count). The smallest absolute Gasteiger partial charge is 0.242 e. The van der Waals surface area contributed by atoms with Crippen molar-refractivity contribution >= 4 is 34.8 Å². The van der Waals surface area contributed by atoms with E-state index in [2.05, 4.69) is 25.3 Å². The van der Waals surface area contributed by atoms with Gasteiger partial charge in [0, 0.05) is 43.0 Å². The third kappa shape index (κ3) is 3.62. The number of halogens is 2. The number of nitrogen functional groups attached to an aromatic ring is 1. The van der Waals surface area contributed by atoms with Crippen LogP contribution in [0.1, 0.15) is 29.4 Å². The molecule has 1 unspecified atom stereocenters. The largest absolute Gasteiger partial charge is 0.383 e. The average Bonchev–Trinajstić information content (AvgIpc) is 3.44. The number of imidazole rings is 1. The Bertz CT molecular complexity index is 1800. The van der Waals surface area contributed by atoms with Crippen molar-refractivity contribution in [3.05, 3.63) is 98.7 Å². The maximum absolute atomic E-state index is 13.8. The summed E-state index contributed by atoms with van der Waals surface area (Å²) in [6, 6.07) is 7.52. The van der Waals surface area contributed by atoms with Crippen LogP contribution >= 0.6 is 11.6 Å². The fraction of sp³-hybridized carbons (Fsp3) is 0.120. The first-order chi connectivity index (χ1) is 17.7. The van der Waals surface area contributed by atoms with Crippen LogP contribution in [0.25, 0.3) is 17.2 Å². The van der Waals surface area contributed by atoms with Crippen molar-refractivity contribution in [3.8, 4) is 11.5 Å². The topological polar surface area (TPSA) is 144 Å². The summed E-state index contributed by atoms with van der Waals surface area (Å²) in [5.41, 5.74) is 7.54. The van der Waals surface area contributed by atoms with E-state index in [1.165, 1.54) is 24.4 Å². The number of carbonyl (C=O) groups excluding carboxylic acids is 1. The van der Waals surface area contributed by atoms with Gasteiger partial charge >= 0.3 is 0 Å². The van der Waals surface area contributed by atoms with E-state index < -0.39 is 16.8 Å². The van der Waals surface area contributed by atoms with Crippen molar-refractivity contribution in [2.75, 3.05) is 11.1 Å². The molecule has 0 saturated heterocycles. The standard InChI is InChI=1S/C25H18ClFN8O2/c1-25(18-9-17(36)14(26)10-30-18)19-20(28)32-21(33-22(19)34-24(25)37)16-11-35-6-5-29-23(35)15(31-16)8-12-3-2-4-13(27)7-12/h2-7,9-11H,8H2,1H3,(H,30,36)(H3,28,32,33,34,37). The third-order valence-electron chi connectivity index (χ3n) is 6.46. The quantitative estimate of drug-likeness (QED) is 0.333.